The monoisotopic (exact) mass is 598 g/mol. The molecule has 41 heavy (non-hydrogen) atoms. The fraction of sp³-hybridized carbons (Fsp3) is 0.781. The average molecular weight is 599 g/mol. The van der Waals surface area contributed by atoms with E-state index in [-0.39, 0.29) is 37.6 Å². The van der Waals surface area contributed by atoms with Crippen LogP contribution in [0.1, 0.15) is 116 Å². The number of ether oxygens (including phenoxy) is 4. The lowest BCUT2D eigenvalue weighted by Crippen LogP contribution is -3.00. The van der Waals surface area contributed by atoms with Crippen molar-refractivity contribution in [2.75, 3.05) is 26.4 Å². The van der Waals surface area contributed by atoms with Crippen molar-refractivity contribution >= 4 is 12.0 Å². The molecule has 0 bridgehead atoms. The number of hydrogen-bond donors (Lipinski definition) is 0. The van der Waals surface area contributed by atoms with Crippen LogP contribution in [0, 0.1) is 0 Å². The number of hydrogen-bond acceptors (Lipinski definition) is 6. The molecule has 0 spiro atoms. The van der Waals surface area contributed by atoms with Crippen LogP contribution in [-0.4, -0.2) is 55.7 Å². The molecule has 0 saturated carbocycles. The van der Waals surface area contributed by atoms with Gasteiger partial charge in [-0.2, -0.15) is 0 Å². The summed E-state index contributed by atoms with van der Waals surface area (Å²) >= 11 is 0. The summed E-state index contributed by atoms with van der Waals surface area (Å²) in [4.78, 5) is 25.8. The molecule has 1 fully saturated rings. The van der Waals surface area contributed by atoms with Gasteiger partial charge in [-0.05, 0) is 13.3 Å². The van der Waals surface area contributed by atoms with Crippen LogP contribution in [0.15, 0.2) is 24.4 Å². The second-order valence-corrected chi connectivity index (χ2v) is 10.9. The number of pyridine rings is 1. The van der Waals surface area contributed by atoms with E-state index in [1.807, 2.05) is 35.9 Å². The van der Waals surface area contributed by atoms with Gasteiger partial charge in [0.2, 0.25) is 11.6 Å². The zero-order valence-electron chi connectivity index (χ0n) is 25.8. The first kappa shape index (κ1) is 37.3. The largest absolute Gasteiger partial charge is 1.00 e. The molecule has 1 aromatic rings. The van der Waals surface area contributed by atoms with Gasteiger partial charge in [0.1, 0.15) is 25.8 Å². The SMILES string of the molecule is CCCCCCCCCCCCCCCCOCC1COC(COC(=O)N(Cc2cccc[n+]2CC)C(C)=O)O1.[Cl-]. The summed E-state index contributed by atoms with van der Waals surface area (Å²) < 4.78 is 24.5. The summed E-state index contributed by atoms with van der Waals surface area (Å²) in [6, 6.07) is 5.68. The Balaban J connectivity index is 0.00000840. The highest BCUT2D eigenvalue weighted by molar-refractivity contribution is 5.90. The van der Waals surface area contributed by atoms with Crippen LogP contribution in [0.5, 0.6) is 0 Å². The Bertz CT molecular complexity index is 827. The van der Waals surface area contributed by atoms with Gasteiger partial charge in [-0.3, -0.25) is 4.79 Å². The van der Waals surface area contributed by atoms with Gasteiger partial charge in [0.05, 0.1) is 13.2 Å². The fourth-order valence-electron chi connectivity index (χ4n) is 4.94. The molecule has 2 atom stereocenters. The number of aromatic nitrogens is 1. The lowest BCUT2D eigenvalue weighted by atomic mass is 10.0. The van der Waals surface area contributed by atoms with Gasteiger partial charge in [0.25, 0.3) is 0 Å². The molecule has 0 aliphatic carbocycles. The minimum atomic E-state index is -0.705. The first-order valence-electron chi connectivity index (χ1n) is 15.8. The standard InChI is InChI=1S/C32H55N2O6.ClH/c1-4-6-7-8-9-10-11-12-13-14-15-16-17-20-23-37-25-30-26-38-31(40-30)27-39-32(36)34(28(3)35)24-29-21-18-19-22-33(29)5-2;/h18-19,21-22,30-31H,4-17,20,23-27H2,1-3H3;1H/q+1;/p-1. The van der Waals surface area contributed by atoms with Crippen molar-refractivity contribution in [3.8, 4) is 0 Å². The predicted octanol–water partition coefficient (Wildman–Crippen LogP) is 3.72. The van der Waals surface area contributed by atoms with E-state index < -0.39 is 12.4 Å². The van der Waals surface area contributed by atoms with Crippen LogP contribution in [0.4, 0.5) is 4.79 Å². The van der Waals surface area contributed by atoms with E-state index in [0.29, 0.717) is 13.2 Å². The molecule has 9 heteroatoms. The summed E-state index contributed by atoms with van der Waals surface area (Å²) in [7, 11) is 0. The van der Waals surface area contributed by atoms with Crippen LogP contribution < -0.4 is 17.0 Å². The van der Waals surface area contributed by atoms with Gasteiger partial charge in [-0.15, -0.1) is 0 Å². The van der Waals surface area contributed by atoms with Crippen molar-refractivity contribution in [2.24, 2.45) is 0 Å². The summed E-state index contributed by atoms with van der Waals surface area (Å²) in [6.07, 6.45) is 19.2. The molecule has 2 rings (SSSR count). The van der Waals surface area contributed by atoms with E-state index >= 15 is 0 Å². The first-order chi connectivity index (χ1) is 19.5. The van der Waals surface area contributed by atoms with Gasteiger partial charge in [0.15, 0.2) is 12.5 Å². The van der Waals surface area contributed by atoms with Crippen molar-refractivity contribution in [3.63, 3.8) is 0 Å². The zero-order chi connectivity index (χ0) is 28.8. The van der Waals surface area contributed by atoms with Gasteiger partial charge in [-0.25, -0.2) is 14.3 Å². The Morgan fingerprint density at radius 3 is 2.10 bits per heavy atom. The predicted molar refractivity (Wildman–Crippen MR) is 156 cm³/mol. The zero-order valence-corrected chi connectivity index (χ0v) is 26.6. The normalized spacial score (nSPS) is 16.4. The highest BCUT2D eigenvalue weighted by atomic mass is 35.5. The fourth-order valence-corrected chi connectivity index (χ4v) is 4.94. The molecule has 1 aliphatic heterocycles. The molecular formula is C32H55ClN2O6. The van der Waals surface area contributed by atoms with Gasteiger partial charge in [0, 0.05) is 25.7 Å². The molecule has 2 amide bonds. The summed E-state index contributed by atoms with van der Waals surface area (Å²) in [5, 5.41) is 0. The summed E-state index contributed by atoms with van der Waals surface area (Å²) in [5.74, 6) is -0.375. The Labute approximate surface area is 254 Å². The number of unbranched alkanes of at least 4 members (excludes halogenated alkanes) is 13. The van der Waals surface area contributed by atoms with E-state index in [4.69, 9.17) is 18.9 Å². The average Bonchev–Trinajstić information content (AvgIpc) is 3.42. The molecule has 236 valence electrons. The Kier molecular flexibility index (Phi) is 21.6. The topological polar surface area (TPSA) is 78.2 Å². The van der Waals surface area contributed by atoms with Gasteiger partial charge < -0.3 is 31.4 Å². The Hall–Kier alpha value is -1.74. The smallest absolute Gasteiger partial charge is 0.417 e. The third-order valence-corrected chi connectivity index (χ3v) is 7.40. The number of amides is 2. The van der Waals surface area contributed by atoms with Crippen LogP contribution >= 0.6 is 0 Å². The van der Waals surface area contributed by atoms with E-state index in [0.717, 1.165) is 30.2 Å². The van der Waals surface area contributed by atoms with Crippen LogP contribution in [0.3, 0.4) is 0 Å². The van der Waals surface area contributed by atoms with Crippen LogP contribution in [-0.2, 0) is 36.8 Å². The number of rotatable bonds is 22. The number of nitrogens with zero attached hydrogens (tertiary/aromatic N) is 2. The molecule has 1 saturated heterocycles. The molecule has 2 heterocycles. The third-order valence-electron chi connectivity index (χ3n) is 7.40. The maximum Gasteiger partial charge on any atom is 0.417 e. The lowest BCUT2D eigenvalue weighted by molar-refractivity contribution is -0.701. The van der Waals surface area contributed by atoms with E-state index in [1.54, 1.807) is 0 Å². The van der Waals surface area contributed by atoms with Crippen molar-refractivity contribution in [1.82, 2.24) is 4.90 Å². The van der Waals surface area contributed by atoms with E-state index in [1.165, 1.54) is 90.4 Å². The second kappa shape index (κ2) is 23.8. The highest BCUT2D eigenvalue weighted by Gasteiger charge is 2.29. The van der Waals surface area contributed by atoms with Crippen LogP contribution in [0.25, 0.3) is 0 Å². The lowest BCUT2D eigenvalue weighted by Gasteiger charge is -2.19. The highest BCUT2D eigenvalue weighted by Crippen LogP contribution is 2.15. The minimum absolute atomic E-state index is 0. The van der Waals surface area contributed by atoms with E-state index in [9.17, 15) is 9.59 Å². The molecule has 2 unspecified atom stereocenters. The minimum Gasteiger partial charge on any atom is -1.00 e. The molecule has 0 N–H and O–H groups in total. The summed E-state index contributed by atoms with van der Waals surface area (Å²) in [5.41, 5.74) is 0.849. The molecule has 8 nitrogen and oxygen atoms in total. The number of imide groups is 1. The van der Waals surface area contributed by atoms with Crippen molar-refractivity contribution < 1.29 is 45.5 Å². The van der Waals surface area contributed by atoms with Crippen molar-refractivity contribution in [1.29, 1.82) is 0 Å². The Morgan fingerprint density at radius 2 is 1.51 bits per heavy atom. The Morgan fingerprint density at radius 1 is 0.902 bits per heavy atom. The maximum atomic E-state index is 12.6. The third kappa shape index (κ3) is 16.5. The van der Waals surface area contributed by atoms with Gasteiger partial charge >= 0.3 is 6.09 Å². The van der Waals surface area contributed by atoms with Crippen LogP contribution in [0.2, 0.25) is 0 Å². The first-order valence-corrected chi connectivity index (χ1v) is 15.8. The molecule has 1 aliphatic rings. The van der Waals surface area contributed by atoms with E-state index in [2.05, 4.69) is 6.92 Å². The summed E-state index contributed by atoms with van der Waals surface area (Å²) in [6.45, 7) is 8.04. The van der Waals surface area contributed by atoms with Crippen molar-refractivity contribution in [2.45, 2.75) is 136 Å². The number of carbonyl (C=O) groups excluding carboxylic acids is 2. The number of aryl methyl sites for hydroxylation is 1. The molecule has 0 aromatic carbocycles. The van der Waals surface area contributed by atoms with Gasteiger partial charge in [-0.1, -0.05) is 96.5 Å². The quantitative estimate of drug-likeness (QED) is 0.150. The second-order valence-electron chi connectivity index (χ2n) is 10.9. The number of carbonyl (C=O) groups is 2. The van der Waals surface area contributed by atoms with Crippen molar-refractivity contribution in [3.05, 3.63) is 30.1 Å². The molecule has 1 aromatic heterocycles. The number of halogens is 1. The molecule has 0 radical (unpaired) electrons. The molecular weight excluding hydrogens is 544 g/mol. The maximum absolute atomic E-state index is 12.6.